The summed E-state index contributed by atoms with van der Waals surface area (Å²) in [5.41, 5.74) is 1.44. The Bertz CT molecular complexity index is 297. The standard InChI is InChI=1S/C13H20N2/c1-11-10-15(2)13(9-14-11)8-12-6-4-3-5-7-12/h3-7,11,13-14H,8-10H2,1-2H3/t11-,13+/m0/s1. The molecular formula is C13H20N2. The fourth-order valence-corrected chi connectivity index (χ4v) is 2.25. The molecule has 1 heterocycles. The van der Waals surface area contributed by atoms with E-state index in [2.05, 4.69) is 54.5 Å². The van der Waals surface area contributed by atoms with E-state index >= 15 is 0 Å². The predicted octanol–water partition coefficient (Wildman–Crippen LogP) is 1.52. The fraction of sp³-hybridized carbons (Fsp3) is 0.538. The highest BCUT2D eigenvalue weighted by Crippen LogP contribution is 2.10. The molecule has 15 heavy (non-hydrogen) atoms. The summed E-state index contributed by atoms with van der Waals surface area (Å²) in [5, 5.41) is 3.54. The molecule has 0 saturated carbocycles. The van der Waals surface area contributed by atoms with Crippen LogP contribution in [0.25, 0.3) is 0 Å². The molecule has 0 unspecified atom stereocenters. The van der Waals surface area contributed by atoms with Gasteiger partial charge >= 0.3 is 0 Å². The molecule has 2 nitrogen and oxygen atoms in total. The number of hydrogen-bond acceptors (Lipinski definition) is 2. The van der Waals surface area contributed by atoms with Crippen molar-refractivity contribution in [3.8, 4) is 0 Å². The smallest absolute Gasteiger partial charge is 0.0258 e. The number of nitrogens with zero attached hydrogens (tertiary/aromatic N) is 1. The van der Waals surface area contributed by atoms with E-state index in [-0.39, 0.29) is 0 Å². The summed E-state index contributed by atoms with van der Waals surface area (Å²) in [6.45, 7) is 4.50. The van der Waals surface area contributed by atoms with Crippen LogP contribution in [0.4, 0.5) is 0 Å². The number of benzene rings is 1. The lowest BCUT2D eigenvalue weighted by Gasteiger charge is -2.36. The molecule has 0 spiro atoms. The van der Waals surface area contributed by atoms with Crippen LogP contribution in [0.2, 0.25) is 0 Å². The molecule has 2 heteroatoms. The van der Waals surface area contributed by atoms with E-state index in [1.165, 1.54) is 5.56 Å². The highest BCUT2D eigenvalue weighted by molar-refractivity contribution is 5.16. The molecule has 1 aromatic carbocycles. The summed E-state index contributed by atoms with van der Waals surface area (Å²) in [6, 6.07) is 12.0. The average Bonchev–Trinajstić information content (AvgIpc) is 2.24. The van der Waals surface area contributed by atoms with E-state index in [1.54, 1.807) is 0 Å². The lowest BCUT2D eigenvalue weighted by Crippen LogP contribution is -2.54. The van der Waals surface area contributed by atoms with Gasteiger partial charge < -0.3 is 10.2 Å². The fourth-order valence-electron chi connectivity index (χ4n) is 2.25. The van der Waals surface area contributed by atoms with Gasteiger partial charge in [-0.05, 0) is 26.0 Å². The summed E-state index contributed by atoms with van der Waals surface area (Å²) >= 11 is 0. The summed E-state index contributed by atoms with van der Waals surface area (Å²) in [4.78, 5) is 2.47. The summed E-state index contributed by atoms with van der Waals surface area (Å²) in [5.74, 6) is 0. The topological polar surface area (TPSA) is 15.3 Å². The van der Waals surface area contributed by atoms with E-state index in [4.69, 9.17) is 0 Å². The van der Waals surface area contributed by atoms with Gasteiger partial charge in [-0.1, -0.05) is 30.3 Å². The lowest BCUT2D eigenvalue weighted by molar-refractivity contribution is 0.169. The van der Waals surface area contributed by atoms with Crippen LogP contribution in [0.3, 0.4) is 0 Å². The van der Waals surface area contributed by atoms with Crippen molar-refractivity contribution >= 4 is 0 Å². The Kier molecular flexibility index (Phi) is 3.39. The third kappa shape index (κ3) is 2.80. The van der Waals surface area contributed by atoms with Crippen LogP contribution in [-0.4, -0.2) is 37.1 Å². The van der Waals surface area contributed by atoms with Gasteiger partial charge in [-0.15, -0.1) is 0 Å². The Balaban J connectivity index is 1.95. The maximum absolute atomic E-state index is 3.54. The van der Waals surface area contributed by atoms with Crippen molar-refractivity contribution in [3.63, 3.8) is 0 Å². The molecule has 1 saturated heterocycles. The molecule has 0 aliphatic carbocycles. The van der Waals surface area contributed by atoms with Crippen molar-refractivity contribution in [3.05, 3.63) is 35.9 Å². The SMILES string of the molecule is C[C@H]1CN(C)[C@H](Cc2ccccc2)CN1. The molecule has 0 amide bonds. The van der Waals surface area contributed by atoms with E-state index in [0.29, 0.717) is 12.1 Å². The number of rotatable bonds is 2. The molecule has 0 aromatic heterocycles. The largest absolute Gasteiger partial charge is 0.311 e. The van der Waals surface area contributed by atoms with E-state index < -0.39 is 0 Å². The van der Waals surface area contributed by atoms with Crippen LogP contribution in [0.5, 0.6) is 0 Å². The average molecular weight is 204 g/mol. The van der Waals surface area contributed by atoms with Crippen LogP contribution in [-0.2, 0) is 6.42 Å². The second-order valence-electron chi connectivity index (χ2n) is 4.59. The first-order chi connectivity index (χ1) is 7.25. The molecule has 2 atom stereocenters. The molecule has 1 fully saturated rings. The minimum Gasteiger partial charge on any atom is -0.311 e. The van der Waals surface area contributed by atoms with Crippen molar-refractivity contribution in [1.29, 1.82) is 0 Å². The first-order valence-corrected chi connectivity index (χ1v) is 5.73. The molecule has 1 aliphatic heterocycles. The quantitative estimate of drug-likeness (QED) is 0.786. The van der Waals surface area contributed by atoms with E-state index in [1.807, 2.05) is 0 Å². The third-order valence-electron chi connectivity index (χ3n) is 3.20. The number of nitrogens with one attached hydrogen (secondary N) is 1. The Morgan fingerprint density at radius 2 is 2.07 bits per heavy atom. The first-order valence-electron chi connectivity index (χ1n) is 5.73. The first kappa shape index (κ1) is 10.7. The van der Waals surface area contributed by atoms with Gasteiger partial charge in [0.25, 0.3) is 0 Å². The van der Waals surface area contributed by atoms with Crippen LogP contribution in [0.1, 0.15) is 12.5 Å². The zero-order valence-electron chi connectivity index (χ0n) is 9.61. The van der Waals surface area contributed by atoms with E-state index in [0.717, 1.165) is 19.5 Å². The molecule has 0 radical (unpaired) electrons. The summed E-state index contributed by atoms with van der Waals surface area (Å²) < 4.78 is 0. The lowest BCUT2D eigenvalue weighted by atomic mass is 10.0. The molecular weight excluding hydrogens is 184 g/mol. The van der Waals surface area contributed by atoms with Gasteiger partial charge in [-0.25, -0.2) is 0 Å². The summed E-state index contributed by atoms with van der Waals surface area (Å²) in [6.07, 6.45) is 1.15. The van der Waals surface area contributed by atoms with Gasteiger partial charge in [0, 0.05) is 25.2 Å². The van der Waals surface area contributed by atoms with Gasteiger partial charge in [-0.2, -0.15) is 0 Å². The van der Waals surface area contributed by atoms with Gasteiger partial charge in [0.2, 0.25) is 0 Å². The van der Waals surface area contributed by atoms with Crippen LogP contribution >= 0.6 is 0 Å². The van der Waals surface area contributed by atoms with Gasteiger partial charge in [0.15, 0.2) is 0 Å². The number of likely N-dealkylation sites (N-methyl/N-ethyl adjacent to an activating group) is 1. The molecule has 1 N–H and O–H groups in total. The second-order valence-corrected chi connectivity index (χ2v) is 4.59. The van der Waals surface area contributed by atoms with Crippen molar-refractivity contribution in [1.82, 2.24) is 10.2 Å². The molecule has 2 rings (SSSR count). The second kappa shape index (κ2) is 4.77. The minimum atomic E-state index is 0.627. The Hall–Kier alpha value is -0.860. The number of hydrogen-bond donors (Lipinski definition) is 1. The highest BCUT2D eigenvalue weighted by atomic mass is 15.2. The third-order valence-corrected chi connectivity index (χ3v) is 3.20. The van der Waals surface area contributed by atoms with Crippen LogP contribution < -0.4 is 5.32 Å². The zero-order chi connectivity index (χ0) is 10.7. The highest BCUT2D eigenvalue weighted by Gasteiger charge is 2.22. The van der Waals surface area contributed by atoms with Crippen LogP contribution in [0.15, 0.2) is 30.3 Å². The molecule has 0 bridgehead atoms. The Morgan fingerprint density at radius 3 is 2.73 bits per heavy atom. The zero-order valence-corrected chi connectivity index (χ0v) is 9.61. The Labute approximate surface area is 92.3 Å². The van der Waals surface area contributed by atoms with Gasteiger partial charge in [0.1, 0.15) is 0 Å². The maximum Gasteiger partial charge on any atom is 0.0258 e. The normalized spacial score (nSPS) is 27.9. The monoisotopic (exact) mass is 204 g/mol. The van der Waals surface area contributed by atoms with Gasteiger partial charge in [0.05, 0.1) is 0 Å². The predicted molar refractivity (Wildman–Crippen MR) is 64.0 cm³/mol. The number of piperazine rings is 1. The van der Waals surface area contributed by atoms with Gasteiger partial charge in [-0.3, -0.25) is 0 Å². The summed E-state index contributed by atoms with van der Waals surface area (Å²) in [7, 11) is 2.23. The molecule has 1 aromatic rings. The minimum absolute atomic E-state index is 0.627. The Morgan fingerprint density at radius 1 is 1.33 bits per heavy atom. The van der Waals surface area contributed by atoms with Crippen LogP contribution in [0, 0.1) is 0 Å². The maximum atomic E-state index is 3.54. The van der Waals surface area contributed by atoms with Crippen molar-refractivity contribution in [2.45, 2.75) is 25.4 Å². The van der Waals surface area contributed by atoms with Crippen molar-refractivity contribution in [2.24, 2.45) is 0 Å². The van der Waals surface area contributed by atoms with E-state index in [9.17, 15) is 0 Å². The van der Waals surface area contributed by atoms with Crippen molar-refractivity contribution in [2.75, 3.05) is 20.1 Å². The molecule has 82 valence electrons. The molecule has 1 aliphatic rings. The van der Waals surface area contributed by atoms with Crippen molar-refractivity contribution < 1.29 is 0 Å².